The Balaban J connectivity index is 1.72. The van der Waals surface area contributed by atoms with E-state index in [4.69, 9.17) is 0 Å². The number of nitrogens with zero attached hydrogens (tertiary/aromatic N) is 4. The number of carbonyl (C=O) groups excluding carboxylic acids is 1. The molecule has 1 saturated heterocycles. The van der Waals surface area contributed by atoms with Gasteiger partial charge in [-0.25, -0.2) is 8.42 Å². The van der Waals surface area contributed by atoms with Crippen LogP contribution >= 0.6 is 11.8 Å². The normalized spacial score (nSPS) is 18.6. The third-order valence-electron chi connectivity index (χ3n) is 4.69. The molecule has 0 N–H and O–H groups in total. The van der Waals surface area contributed by atoms with Crippen LogP contribution in [-0.2, 0) is 14.6 Å². The van der Waals surface area contributed by atoms with Crippen molar-refractivity contribution in [2.75, 3.05) is 23.8 Å². The lowest BCUT2D eigenvalue weighted by molar-refractivity contribution is -0.129. The van der Waals surface area contributed by atoms with Gasteiger partial charge >= 0.3 is 0 Å². The number of thioether (sulfide) groups is 1. The number of aromatic nitrogens is 3. The highest BCUT2D eigenvalue weighted by Gasteiger charge is 2.33. The van der Waals surface area contributed by atoms with Gasteiger partial charge < -0.3 is 4.90 Å². The topological polar surface area (TPSA) is 85.2 Å². The van der Waals surface area contributed by atoms with Crippen LogP contribution in [0, 0.1) is 13.8 Å². The number of amides is 1. The van der Waals surface area contributed by atoms with Crippen molar-refractivity contribution < 1.29 is 13.2 Å². The van der Waals surface area contributed by atoms with Crippen molar-refractivity contribution in [3.05, 3.63) is 35.7 Å². The summed E-state index contributed by atoms with van der Waals surface area (Å²) in [5, 5.41) is 9.01. The van der Waals surface area contributed by atoms with E-state index < -0.39 is 9.84 Å². The van der Waals surface area contributed by atoms with Gasteiger partial charge in [0, 0.05) is 18.3 Å². The van der Waals surface area contributed by atoms with Crippen LogP contribution in [-0.4, -0.2) is 63.8 Å². The van der Waals surface area contributed by atoms with Gasteiger partial charge in [-0.1, -0.05) is 23.9 Å². The fourth-order valence-corrected chi connectivity index (χ4v) is 5.98. The summed E-state index contributed by atoms with van der Waals surface area (Å²) in [6.45, 7) is 6.29. The monoisotopic (exact) mass is 408 g/mol. The van der Waals surface area contributed by atoms with E-state index in [-0.39, 0.29) is 29.2 Å². The van der Waals surface area contributed by atoms with Crippen molar-refractivity contribution in [2.24, 2.45) is 0 Å². The summed E-state index contributed by atoms with van der Waals surface area (Å²) in [7, 11) is -3.02. The second-order valence-corrected chi connectivity index (χ2v) is 9.90. The molecule has 1 amide bonds. The maximum absolute atomic E-state index is 12.7. The number of aryl methyl sites for hydroxylation is 2. The number of benzene rings is 1. The zero-order chi connectivity index (χ0) is 19.6. The van der Waals surface area contributed by atoms with Crippen molar-refractivity contribution >= 4 is 27.5 Å². The lowest BCUT2D eigenvalue weighted by Gasteiger charge is -2.26. The summed E-state index contributed by atoms with van der Waals surface area (Å²) in [4.78, 5) is 14.4. The van der Waals surface area contributed by atoms with E-state index in [1.54, 1.807) is 4.90 Å². The summed E-state index contributed by atoms with van der Waals surface area (Å²) < 4.78 is 25.4. The number of carbonyl (C=O) groups is 1. The Bertz CT molecular complexity index is 940. The van der Waals surface area contributed by atoms with Crippen molar-refractivity contribution in [1.29, 1.82) is 0 Å². The maximum Gasteiger partial charge on any atom is 0.233 e. The fourth-order valence-electron chi connectivity index (χ4n) is 3.37. The number of sulfone groups is 1. The van der Waals surface area contributed by atoms with Crippen LogP contribution in [0.4, 0.5) is 0 Å². The lowest BCUT2D eigenvalue weighted by atomic mass is 10.2. The van der Waals surface area contributed by atoms with Gasteiger partial charge in [-0.15, -0.1) is 10.2 Å². The molecule has 0 spiro atoms. The third-order valence-corrected chi connectivity index (χ3v) is 7.35. The molecule has 27 heavy (non-hydrogen) atoms. The molecule has 1 aliphatic rings. The smallest absolute Gasteiger partial charge is 0.233 e. The fraction of sp³-hybridized carbons (Fsp3) is 0.500. The van der Waals surface area contributed by atoms with Crippen molar-refractivity contribution in [2.45, 2.75) is 38.4 Å². The van der Waals surface area contributed by atoms with E-state index in [9.17, 15) is 13.2 Å². The zero-order valence-corrected chi connectivity index (χ0v) is 17.4. The molecule has 1 fully saturated rings. The van der Waals surface area contributed by atoms with Crippen LogP contribution in [0.3, 0.4) is 0 Å². The predicted octanol–water partition coefficient (Wildman–Crippen LogP) is 2.01. The molecular formula is C18H24N4O3S2. The van der Waals surface area contributed by atoms with Gasteiger partial charge in [0.1, 0.15) is 5.82 Å². The van der Waals surface area contributed by atoms with E-state index in [0.717, 1.165) is 17.1 Å². The second kappa shape index (κ2) is 8.02. The average molecular weight is 409 g/mol. The quantitative estimate of drug-likeness (QED) is 0.680. The third kappa shape index (κ3) is 4.52. The van der Waals surface area contributed by atoms with Crippen molar-refractivity contribution in [3.63, 3.8) is 0 Å². The predicted molar refractivity (Wildman–Crippen MR) is 106 cm³/mol. The highest BCUT2D eigenvalue weighted by atomic mass is 32.2. The molecule has 0 unspecified atom stereocenters. The van der Waals surface area contributed by atoms with Gasteiger partial charge in [0.2, 0.25) is 5.91 Å². The zero-order valence-electron chi connectivity index (χ0n) is 15.8. The van der Waals surface area contributed by atoms with E-state index >= 15 is 0 Å². The molecule has 0 bridgehead atoms. The largest absolute Gasteiger partial charge is 0.338 e. The van der Waals surface area contributed by atoms with Gasteiger partial charge in [0.25, 0.3) is 0 Å². The van der Waals surface area contributed by atoms with Gasteiger partial charge in [0.05, 0.1) is 17.3 Å². The van der Waals surface area contributed by atoms with Crippen LogP contribution in [0.5, 0.6) is 0 Å². The standard InChI is InChI=1S/C18H24N4O3S2/c1-4-21(16-8-9-27(24,25)12-16)17(23)11-26-18-20-19-14(3)22(18)15-7-5-6-13(2)10-15/h5-7,10,16H,4,8-9,11-12H2,1-3H3/t16-/m0/s1. The minimum atomic E-state index is -3.02. The van der Waals surface area contributed by atoms with Gasteiger partial charge in [-0.05, 0) is 44.9 Å². The summed E-state index contributed by atoms with van der Waals surface area (Å²) >= 11 is 1.33. The van der Waals surface area contributed by atoms with Crippen LogP contribution in [0.25, 0.3) is 5.69 Å². The first kappa shape index (κ1) is 19.9. The lowest BCUT2D eigenvalue weighted by Crippen LogP contribution is -2.42. The highest BCUT2D eigenvalue weighted by Crippen LogP contribution is 2.24. The maximum atomic E-state index is 12.7. The molecule has 1 aromatic heterocycles. The van der Waals surface area contributed by atoms with E-state index in [0.29, 0.717) is 18.1 Å². The van der Waals surface area contributed by atoms with Crippen molar-refractivity contribution in [1.82, 2.24) is 19.7 Å². The molecule has 2 aromatic rings. The van der Waals surface area contributed by atoms with Crippen LogP contribution in [0.1, 0.15) is 24.7 Å². The Kier molecular flexibility index (Phi) is 5.90. The SMILES string of the molecule is CCN(C(=O)CSc1nnc(C)n1-c1cccc(C)c1)[C@H]1CCS(=O)(=O)C1. The van der Waals surface area contributed by atoms with Gasteiger partial charge in [-0.3, -0.25) is 9.36 Å². The molecule has 1 atom stereocenters. The summed E-state index contributed by atoms with van der Waals surface area (Å²) in [6.07, 6.45) is 0.519. The minimum absolute atomic E-state index is 0.0653. The minimum Gasteiger partial charge on any atom is -0.338 e. The summed E-state index contributed by atoms with van der Waals surface area (Å²) in [5.41, 5.74) is 2.09. The first-order chi connectivity index (χ1) is 12.8. The first-order valence-corrected chi connectivity index (χ1v) is 11.7. The number of hydrogen-bond donors (Lipinski definition) is 0. The Morgan fingerprint density at radius 2 is 2.11 bits per heavy atom. The average Bonchev–Trinajstić information content (AvgIpc) is 3.16. The Labute approximate surface area is 164 Å². The Hall–Kier alpha value is -1.87. The second-order valence-electron chi connectivity index (χ2n) is 6.73. The molecule has 1 aliphatic heterocycles. The van der Waals surface area contributed by atoms with Gasteiger partial charge in [0.15, 0.2) is 15.0 Å². The Morgan fingerprint density at radius 1 is 1.33 bits per heavy atom. The molecule has 0 aliphatic carbocycles. The molecule has 1 aromatic carbocycles. The van der Waals surface area contributed by atoms with Crippen molar-refractivity contribution in [3.8, 4) is 5.69 Å². The summed E-state index contributed by atoms with van der Waals surface area (Å²) in [6, 6.07) is 7.81. The van der Waals surface area contributed by atoms with Crippen LogP contribution in [0.15, 0.2) is 29.4 Å². The molecule has 146 valence electrons. The molecule has 7 nitrogen and oxygen atoms in total. The van der Waals surface area contributed by atoms with Crippen LogP contribution < -0.4 is 0 Å². The number of rotatable bonds is 6. The molecule has 2 heterocycles. The highest BCUT2D eigenvalue weighted by molar-refractivity contribution is 7.99. The van der Waals surface area contributed by atoms with E-state index in [1.165, 1.54) is 11.8 Å². The van der Waals surface area contributed by atoms with E-state index in [2.05, 4.69) is 10.2 Å². The first-order valence-electron chi connectivity index (χ1n) is 8.92. The molecule has 9 heteroatoms. The summed E-state index contributed by atoms with van der Waals surface area (Å²) in [5.74, 6) is 1.12. The Morgan fingerprint density at radius 3 is 2.74 bits per heavy atom. The molecule has 0 radical (unpaired) electrons. The number of hydrogen-bond acceptors (Lipinski definition) is 6. The van der Waals surface area contributed by atoms with Crippen LogP contribution in [0.2, 0.25) is 0 Å². The molecular weight excluding hydrogens is 384 g/mol. The molecule has 3 rings (SSSR count). The van der Waals surface area contributed by atoms with Gasteiger partial charge in [-0.2, -0.15) is 0 Å². The van der Waals surface area contributed by atoms with E-state index in [1.807, 2.05) is 49.6 Å². The molecule has 0 saturated carbocycles.